The largest absolute Gasteiger partial charge is 0.480 e. The lowest BCUT2D eigenvalue weighted by Crippen LogP contribution is -2.36. The number of pyridine rings is 2. The highest BCUT2D eigenvalue weighted by Gasteiger charge is 2.23. The summed E-state index contributed by atoms with van der Waals surface area (Å²) in [6, 6.07) is 13.5. The summed E-state index contributed by atoms with van der Waals surface area (Å²) in [5, 5.41) is 0.991. The molecule has 0 atom stereocenters. The van der Waals surface area contributed by atoms with Crippen LogP contribution in [0.1, 0.15) is 29.6 Å². The number of hydrogen-bond donors (Lipinski definition) is 0. The van der Waals surface area contributed by atoms with Gasteiger partial charge in [0.25, 0.3) is 5.91 Å². The van der Waals surface area contributed by atoms with Crippen molar-refractivity contribution in [3.63, 3.8) is 0 Å². The molecule has 0 radical (unpaired) electrons. The fourth-order valence-corrected chi connectivity index (χ4v) is 3.48. The lowest BCUT2D eigenvalue weighted by Gasteiger charge is -2.27. The number of likely N-dealkylation sites (tertiary alicyclic amines) is 1. The number of para-hydroxylation sites is 1. The van der Waals surface area contributed by atoms with Gasteiger partial charge in [0.15, 0.2) is 0 Å². The molecule has 0 saturated carbocycles. The van der Waals surface area contributed by atoms with Gasteiger partial charge in [-0.15, -0.1) is 0 Å². The number of amides is 1. The van der Waals surface area contributed by atoms with Crippen LogP contribution >= 0.6 is 0 Å². The summed E-state index contributed by atoms with van der Waals surface area (Å²) in [5.41, 5.74) is 2.82. The standard InChI is InChI=1S/C21H21N3O2/c1-26-20-17(14-15-8-3-4-10-18(15)23-20)19-16(9-7-11-22-19)21(25)24-12-5-2-6-13-24/h3-4,7-11,14H,2,5-6,12-13H2,1H3. The topological polar surface area (TPSA) is 55.3 Å². The minimum Gasteiger partial charge on any atom is -0.480 e. The number of rotatable bonds is 3. The number of fused-ring (bicyclic) bond motifs is 1. The van der Waals surface area contributed by atoms with Crippen molar-refractivity contribution < 1.29 is 9.53 Å². The molecule has 0 unspecified atom stereocenters. The zero-order valence-corrected chi connectivity index (χ0v) is 14.8. The zero-order chi connectivity index (χ0) is 17.9. The third-order valence-corrected chi connectivity index (χ3v) is 4.82. The zero-order valence-electron chi connectivity index (χ0n) is 14.8. The Labute approximate surface area is 152 Å². The SMILES string of the molecule is COc1nc2ccccc2cc1-c1ncccc1C(=O)N1CCCCC1. The van der Waals surface area contributed by atoms with Gasteiger partial charge in [0, 0.05) is 24.7 Å². The molecule has 1 saturated heterocycles. The number of carbonyl (C=O) groups excluding carboxylic acids is 1. The quantitative estimate of drug-likeness (QED) is 0.720. The van der Waals surface area contributed by atoms with Crippen LogP contribution < -0.4 is 4.74 Å². The number of nitrogens with zero attached hydrogens (tertiary/aromatic N) is 3. The highest BCUT2D eigenvalue weighted by molar-refractivity contribution is 6.01. The van der Waals surface area contributed by atoms with Gasteiger partial charge in [0.2, 0.25) is 5.88 Å². The van der Waals surface area contributed by atoms with Crippen LogP contribution in [0, 0.1) is 0 Å². The van der Waals surface area contributed by atoms with Crippen molar-refractivity contribution in [3.05, 3.63) is 54.2 Å². The number of piperidine rings is 1. The molecule has 0 N–H and O–H groups in total. The Morgan fingerprint density at radius 3 is 2.69 bits per heavy atom. The van der Waals surface area contributed by atoms with Crippen molar-refractivity contribution in [1.29, 1.82) is 0 Å². The summed E-state index contributed by atoms with van der Waals surface area (Å²) in [6.07, 6.45) is 5.01. The summed E-state index contributed by atoms with van der Waals surface area (Å²) in [7, 11) is 1.59. The highest BCUT2D eigenvalue weighted by Crippen LogP contribution is 2.33. The number of hydrogen-bond acceptors (Lipinski definition) is 4. The van der Waals surface area contributed by atoms with E-state index in [1.54, 1.807) is 13.3 Å². The second kappa shape index (κ2) is 7.12. The maximum absolute atomic E-state index is 13.1. The van der Waals surface area contributed by atoms with Gasteiger partial charge >= 0.3 is 0 Å². The van der Waals surface area contributed by atoms with Gasteiger partial charge < -0.3 is 9.64 Å². The second-order valence-electron chi connectivity index (χ2n) is 6.49. The summed E-state index contributed by atoms with van der Waals surface area (Å²) in [6.45, 7) is 1.61. The Morgan fingerprint density at radius 1 is 1.08 bits per heavy atom. The maximum Gasteiger partial charge on any atom is 0.256 e. The third kappa shape index (κ3) is 3.01. The van der Waals surface area contributed by atoms with Crippen LogP contribution in [0.25, 0.3) is 22.2 Å². The van der Waals surface area contributed by atoms with E-state index in [1.807, 2.05) is 47.4 Å². The average molecular weight is 347 g/mol. The molecule has 132 valence electrons. The first-order valence-corrected chi connectivity index (χ1v) is 8.96. The molecule has 1 aliphatic rings. The lowest BCUT2D eigenvalue weighted by atomic mass is 10.0. The molecule has 4 rings (SSSR count). The Hall–Kier alpha value is -2.95. The molecule has 3 heterocycles. The Kier molecular flexibility index (Phi) is 4.52. The molecule has 5 nitrogen and oxygen atoms in total. The predicted molar refractivity (Wildman–Crippen MR) is 101 cm³/mol. The van der Waals surface area contributed by atoms with E-state index in [2.05, 4.69) is 9.97 Å². The molecule has 2 aromatic heterocycles. The molecule has 1 fully saturated rings. The van der Waals surface area contributed by atoms with Crippen LogP contribution in [-0.4, -0.2) is 41.0 Å². The molecule has 1 aromatic carbocycles. The van der Waals surface area contributed by atoms with Crippen LogP contribution in [0.3, 0.4) is 0 Å². The number of methoxy groups -OCH3 is 1. The number of carbonyl (C=O) groups is 1. The van der Waals surface area contributed by atoms with Crippen molar-refractivity contribution in [1.82, 2.24) is 14.9 Å². The molecule has 0 aliphatic carbocycles. The molecule has 0 bridgehead atoms. The van der Waals surface area contributed by atoms with Gasteiger partial charge in [-0.1, -0.05) is 18.2 Å². The number of ether oxygens (including phenoxy) is 1. The Morgan fingerprint density at radius 2 is 1.88 bits per heavy atom. The van der Waals surface area contributed by atoms with Crippen molar-refractivity contribution in [2.75, 3.05) is 20.2 Å². The minimum atomic E-state index is 0.0306. The van der Waals surface area contributed by atoms with Crippen LogP contribution in [0.15, 0.2) is 48.7 Å². The first-order valence-electron chi connectivity index (χ1n) is 8.96. The summed E-state index contributed by atoms with van der Waals surface area (Å²) in [5.74, 6) is 0.512. The van der Waals surface area contributed by atoms with Crippen LogP contribution in [0.5, 0.6) is 5.88 Å². The maximum atomic E-state index is 13.1. The van der Waals surface area contributed by atoms with E-state index in [0.29, 0.717) is 17.1 Å². The van der Waals surface area contributed by atoms with Gasteiger partial charge in [0.1, 0.15) is 0 Å². The van der Waals surface area contributed by atoms with E-state index in [9.17, 15) is 4.79 Å². The molecule has 5 heteroatoms. The molecule has 1 amide bonds. The average Bonchev–Trinajstić information content (AvgIpc) is 2.73. The second-order valence-corrected chi connectivity index (χ2v) is 6.49. The highest BCUT2D eigenvalue weighted by atomic mass is 16.5. The van der Waals surface area contributed by atoms with Gasteiger partial charge in [-0.3, -0.25) is 9.78 Å². The smallest absolute Gasteiger partial charge is 0.256 e. The first kappa shape index (κ1) is 16.5. The Balaban J connectivity index is 1.83. The number of aromatic nitrogens is 2. The minimum absolute atomic E-state index is 0.0306. The van der Waals surface area contributed by atoms with E-state index in [0.717, 1.165) is 42.4 Å². The molecular weight excluding hydrogens is 326 g/mol. The van der Waals surface area contributed by atoms with Gasteiger partial charge in [0.05, 0.1) is 29.4 Å². The molecular formula is C21H21N3O2. The fourth-order valence-electron chi connectivity index (χ4n) is 3.48. The van der Waals surface area contributed by atoms with Crippen molar-refractivity contribution in [2.45, 2.75) is 19.3 Å². The van der Waals surface area contributed by atoms with E-state index in [4.69, 9.17) is 4.74 Å². The van der Waals surface area contributed by atoms with E-state index < -0.39 is 0 Å². The Bertz CT molecular complexity index is 949. The van der Waals surface area contributed by atoms with Crippen molar-refractivity contribution in [3.8, 4) is 17.1 Å². The van der Waals surface area contributed by atoms with Crippen LogP contribution in [0.2, 0.25) is 0 Å². The van der Waals surface area contributed by atoms with Crippen LogP contribution in [-0.2, 0) is 0 Å². The van der Waals surface area contributed by atoms with Crippen molar-refractivity contribution in [2.24, 2.45) is 0 Å². The normalized spacial score (nSPS) is 14.4. The molecule has 1 aliphatic heterocycles. The van der Waals surface area contributed by atoms with Gasteiger partial charge in [-0.05, 0) is 43.5 Å². The summed E-state index contributed by atoms with van der Waals surface area (Å²) < 4.78 is 5.51. The van der Waals surface area contributed by atoms with E-state index >= 15 is 0 Å². The monoisotopic (exact) mass is 347 g/mol. The van der Waals surface area contributed by atoms with E-state index in [1.165, 1.54) is 6.42 Å². The summed E-state index contributed by atoms with van der Waals surface area (Å²) >= 11 is 0. The fraction of sp³-hybridized carbons (Fsp3) is 0.286. The molecule has 26 heavy (non-hydrogen) atoms. The first-order chi connectivity index (χ1) is 12.8. The predicted octanol–water partition coefficient (Wildman–Crippen LogP) is 3.93. The third-order valence-electron chi connectivity index (χ3n) is 4.82. The van der Waals surface area contributed by atoms with Gasteiger partial charge in [-0.25, -0.2) is 4.98 Å². The van der Waals surface area contributed by atoms with Crippen LogP contribution in [0.4, 0.5) is 0 Å². The summed E-state index contributed by atoms with van der Waals surface area (Å²) in [4.78, 5) is 24.1. The van der Waals surface area contributed by atoms with E-state index in [-0.39, 0.29) is 5.91 Å². The van der Waals surface area contributed by atoms with Crippen molar-refractivity contribution >= 4 is 16.8 Å². The van der Waals surface area contributed by atoms with Gasteiger partial charge in [-0.2, -0.15) is 0 Å². The molecule has 3 aromatic rings. The number of benzene rings is 1. The lowest BCUT2D eigenvalue weighted by molar-refractivity contribution is 0.0725. The molecule has 0 spiro atoms.